The molecule has 0 fully saturated rings. The lowest BCUT2D eigenvalue weighted by molar-refractivity contribution is 0.104. The molecule has 1 aromatic carbocycles. The van der Waals surface area contributed by atoms with Gasteiger partial charge in [-0.3, -0.25) is 4.79 Å². The summed E-state index contributed by atoms with van der Waals surface area (Å²) in [6, 6.07) is 3.25. The number of carbonyl (C=O) groups excluding carboxylic acids is 2. The predicted molar refractivity (Wildman–Crippen MR) is 69.2 cm³/mol. The van der Waals surface area contributed by atoms with E-state index >= 15 is 0 Å². The largest absolute Gasteiger partial charge is 0.412 e. The first-order chi connectivity index (χ1) is 8.47. The van der Waals surface area contributed by atoms with Crippen LogP contribution in [0.4, 0.5) is 4.79 Å². The van der Waals surface area contributed by atoms with E-state index < -0.39 is 11.9 Å². The van der Waals surface area contributed by atoms with E-state index in [0.717, 1.165) is 5.56 Å². The third kappa shape index (κ3) is 1.87. The summed E-state index contributed by atoms with van der Waals surface area (Å²) in [5.41, 5.74) is 1.55. The molecule has 18 heavy (non-hydrogen) atoms. The van der Waals surface area contributed by atoms with E-state index in [1.807, 2.05) is 0 Å². The van der Waals surface area contributed by atoms with Crippen LogP contribution in [0.2, 0.25) is 0 Å². The predicted octanol–water partition coefficient (Wildman–Crippen LogP) is 3.06. The van der Waals surface area contributed by atoms with Gasteiger partial charge in [0, 0.05) is 12.6 Å². The molecular formula is C12H9Cl2NO3. The number of hydrogen-bond acceptors (Lipinski definition) is 3. The highest BCUT2D eigenvalue weighted by molar-refractivity contribution is 6.64. The molecule has 0 radical (unpaired) electrons. The number of ketones is 1. The second-order valence-electron chi connectivity index (χ2n) is 3.73. The van der Waals surface area contributed by atoms with E-state index in [4.69, 9.17) is 27.9 Å². The monoisotopic (exact) mass is 285 g/mol. The van der Waals surface area contributed by atoms with Crippen LogP contribution < -0.4 is 10.1 Å². The standard InChI is InChI=1S/C12H9Cl2NO3/c1-5-3-4-6(18-12(17)15-2)8-7(5)9(13)10(14)11(8)16/h3-4H,1-2H3,(H,15,17). The fourth-order valence-electron chi connectivity index (χ4n) is 1.75. The maximum absolute atomic E-state index is 12.0. The molecule has 0 saturated heterocycles. The minimum absolute atomic E-state index is 0.0530. The van der Waals surface area contributed by atoms with Crippen molar-refractivity contribution in [1.29, 1.82) is 0 Å². The van der Waals surface area contributed by atoms with Crippen molar-refractivity contribution in [1.82, 2.24) is 5.32 Å². The van der Waals surface area contributed by atoms with Gasteiger partial charge in [0.25, 0.3) is 0 Å². The second-order valence-corrected chi connectivity index (χ2v) is 4.48. The van der Waals surface area contributed by atoms with E-state index in [1.54, 1.807) is 19.1 Å². The summed E-state index contributed by atoms with van der Waals surface area (Å²) in [5, 5.41) is 2.44. The van der Waals surface area contributed by atoms with E-state index in [0.29, 0.717) is 5.56 Å². The Morgan fingerprint density at radius 2 is 1.89 bits per heavy atom. The van der Waals surface area contributed by atoms with Gasteiger partial charge in [0.1, 0.15) is 10.8 Å². The number of halogens is 2. The van der Waals surface area contributed by atoms with Crippen molar-refractivity contribution in [3.05, 3.63) is 33.9 Å². The van der Waals surface area contributed by atoms with Crippen LogP contribution in [-0.2, 0) is 0 Å². The van der Waals surface area contributed by atoms with Gasteiger partial charge in [0.2, 0.25) is 5.78 Å². The van der Waals surface area contributed by atoms with Gasteiger partial charge < -0.3 is 10.1 Å². The molecular weight excluding hydrogens is 277 g/mol. The van der Waals surface area contributed by atoms with Gasteiger partial charge in [-0.1, -0.05) is 29.3 Å². The molecule has 1 aliphatic rings. The van der Waals surface area contributed by atoms with Crippen molar-refractivity contribution < 1.29 is 14.3 Å². The van der Waals surface area contributed by atoms with Crippen molar-refractivity contribution in [2.75, 3.05) is 7.05 Å². The number of ether oxygens (including phenoxy) is 1. The van der Waals surface area contributed by atoms with E-state index in [-0.39, 0.29) is 21.4 Å². The summed E-state index contributed by atoms with van der Waals surface area (Å²) in [6.07, 6.45) is -0.659. The molecule has 1 aliphatic carbocycles. The van der Waals surface area contributed by atoms with Crippen LogP contribution in [0.15, 0.2) is 17.2 Å². The number of allylic oxidation sites excluding steroid dienone is 1. The number of aryl methyl sites for hydroxylation is 1. The smallest absolute Gasteiger partial charge is 0.410 e. The van der Waals surface area contributed by atoms with Crippen LogP contribution in [-0.4, -0.2) is 18.9 Å². The molecule has 0 unspecified atom stereocenters. The van der Waals surface area contributed by atoms with Gasteiger partial charge in [-0.05, 0) is 18.6 Å². The Labute approximate surface area is 114 Å². The molecule has 0 bridgehead atoms. The highest BCUT2D eigenvalue weighted by Gasteiger charge is 2.32. The maximum Gasteiger partial charge on any atom is 0.412 e. The van der Waals surface area contributed by atoms with Crippen LogP contribution >= 0.6 is 23.2 Å². The maximum atomic E-state index is 12.0. The molecule has 1 N–H and O–H groups in total. The Balaban J connectivity index is 2.58. The number of amides is 1. The SMILES string of the molecule is CNC(=O)Oc1ccc(C)c2c1C(=O)C(Cl)=C2Cl. The fraction of sp³-hybridized carbons (Fsp3) is 0.167. The van der Waals surface area contributed by atoms with Gasteiger partial charge >= 0.3 is 6.09 Å². The zero-order valence-electron chi connectivity index (χ0n) is 9.64. The molecule has 0 heterocycles. The van der Waals surface area contributed by atoms with Crippen LogP contribution in [0.1, 0.15) is 21.5 Å². The Kier molecular flexibility index (Phi) is 3.32. The summed E-state index contributed by atoms with van der Waals surface area (Å²) in [6.45, 7) is 1.80. The molecule has 4 nitrogen and oxygen atoms in total. The average molecular weight is 286 g/mol. The minimum atomic E-state index is -0.659. The van der Waals surface area contributed by atoms with Gasteiger partial charge in [-0.15, -0.1) is 0 Å². The number of nitrogens with one attached hydrogen (secondary N) is 1. The highest BCUT2D eigenvalue weighted by atomic mass is 35.5. The van der Waals surface area contributed by atoms with Crippen molar-refractivity contribution in [2.24, 2.45) is 0 Å². The average Bonchev–Trinajstić information content (AvgIpc) is 2.58. The van der Waals surface area contributed by atoms with Crippen molar-refractivity contribution >= 4 is 40.1 Å². The molecule has 94 valence electrons. The van der Waals surface area contributed by atoms with Crippen molar-refractivity contribution in [2.45, 2.75) is 6.92 Å². The summed E-state index contributed by atoms with van der Waals surface area (Å²) in [7, 11) is 1.43. The zero-order chi connectivity index (χ0) is 13.4. The molecule has 0 spiro atoms. The van der Waals surface area contributed by atoms with E-state index in [2.05, 4.69) is 5.32 Å². The van der Waals surface area contributed by atoms with Gasteiger partial charge in [-0.25, -0.2) is 4.79 Å². The molecule has 2 rings (SSSR count). The third-order valence-electron chi connectivity index (χ3n) is 2.62. The van der Waals surface area contributed by atoms with Crippen molar-refractivity contribution in [3.8, 4) is 5.75 Å². The summed E-state index contributed by atoms with van der Waals surface area (Å²) in [4.78, 5) is 23.2. The van der Waals surface area contributed by atoms with Crippen LogP contribution in [0.5, 0.6) is 5.75 Å². The molecule has 0 atom stereocenters. The fourth-order valence-corrected chi connectivity index (χ4v) is 2.27. The Bertz CT molecular complexity index is 593. The first-order valence-electron chi connectivity index (χ1n) is 5.11. The Hall–Kier alpha value is -1.52. The zero-order valence-corrected chi connectivity index (χ0v) is 11.1. The Morgan fingerprint density at radius 1 is 1.22 bits per heavy atom. The summed E-state index contributed by atoms with van der Waals surface area (Å²) in [5.74, 6) is -0.284. The normalized spacial score (nSPS) is 13.7. The number of hydrogen-bond donors (Lipinski definition) is 1. The molecule has 6 heteroatoms. The summed E-state index contributed by atoms with van der Waals surface area (Å²) < 4.78 is 5.01. The third-order valence-corrected chi connectivity index (χ3v) is 3.46. The topological polar surface area (TPSA) is 55.4 Å². The van der Waals surface area contributed by atoms with Gasteiger partial charge in [0.05, 0.1) is 10.6 Å². The Morgan fingerprint density at radius 3 is 2.50 bits per heavy atom. The number of Topliss-reactive ketones (excluding diaryl/α,β-unsaturated/α-hetero) is 1. The molecule has 0 aromatic heterocycles. The molecule has 0 aliphatic heterocycles. The lowest BCUT2D eigenvalue weighted by Gasteiger charge is -2.10. The van der Waals surface area contributed by atoms with Crippen LogP contribution in [0.3, 0.4) is 0 Å². The van der Waals surface area contributed by atoms with Gasteiger partial charge in [0.15, 0.2) is 0 Å². The molecule has 1 aromatic rings. The van der Waals surface area contributed by atoms with Gasteiger partial charge in [-0.2, -0.15) is 0 Å². The first kappa shape index (κ1) is 12.9. The number of carbonyl (C=O) groups is 2. The number of benzene rings is 1. The molecule has 1 amide bonds. The van der Waals surface area contributed by atoms with E-state index in [9.17, 15) is 9.59 Å². The lowest BCUT2D eigenvalue weighted by atomic mass is 10.0. The van der Waals surface area contributed by atoms with Crippen LogP contribution in [0.25, 0.3) is 5.03 Å². The first-order valence-corrected chi connectivity index (χ1v) is 5.86. The number of fused-ring (bicyclic) bond motifs is 1. The number of rotatable bonds is 1. The lowest BCUT2D eigenvalue weighted by Crippen LogP contribution is -2.23. The minimum Gasteiger partial charge on any atom is -0.410 e. The molecule has 0 saturated carbocycles. The van der Waals surface area contributed by atoms with Crippen molar-refractivity contribution in [3.63, 3.8) is 0 Å². The summed E-state index contributed by atoms with van der Waals surface area (Å²) >= 11 is 11.8. The second kappa shape index (κ2) is 4.63. The quantitative estimate of drug-likeness (QED) is 0.863. The van der Waals surface area contributed by atoms with E-state index in [1.165, 1.54) is 7.05 Å². The van der Waals surface area contributed by atoms with Crippen LogP contribution in [0, 0.1) is 6.92 Å². The highest BCUT2D eigenvalue weighted by Crippen LogP contribution is 2.43.